The molecule has 1 unspecified atom stereocenters. The maximum atomic E-state index is 10.1. The van der Waals surface area contributed by atoms with E-state index in [0.29, 0.717) is 12.5 Å². The number of piperidine rings is 1. The molecule has 1 atom stereocenters. The van der Waals surface area contributed by atoms with E-state index in [-0.39, 0.29) is 6.61 Å². The summed E-state index contributed by atoms with van der Waals surface area (Å²) in [6, 6.07) is 20.5. The number of hydrogen-bond donors (Lipinski definition) is 1. The van der Waals surface area contributed by atoms with Crippen LogP contribution in [0.5, 0.6) is 0 Å². The summed E-state index contributed by atoms with van der Waals surface area (Å²) in [5.41, 5.74) is 2.42. The molecule has 1 N–H and O–H groups in total. The molecule has 0 saturated carbocycles. The summed E-state index contributed by atoms with van der Waals surface area (Å²) in [4.78, 5) is 7.54. The fourth-order valence-corrected chi connectivity index (χ4v) is 3.29. The van der Waals surface area contributed by atoms with Gasteiger partial charge in [-0.15, -0.1) is 0 Å². The van der Waals surface area contributed by atoms with Gasteiger partial charge in [0.25, 0.3) is 0 Å². The molecule has 0 bridgehead atoms. The van der Waals surface area contributed by atoms with Crippen LogP contribution < -0.4 is 0 Å². The second-order valence-corrected chi connectivity index (χ2v) is 6.58. The number of β-amino-alcohol motifs (C(OH)–C–C–N with tert-alkyl or cyclic N) is 1. The Morgan fingerprint density at radius 1 is 1.04 bits per heavy atom. The minimum Gasteiger partial charge on any atom is -0.393 e. The second-order valence-electron chi connectivity index (χ2n) is 6.58. The zero-order chi connectivity index (χ0) is 17.3. The molecule has 0 amide bonds. The Morgan fingerprint density at radius 3 is 2.36 bits per heavy atom. The molecule has 4 nitrogen and oxygen atoms in total. The first kappa shape index (κ1) is 17.6. The first-order valence-corrected chi connectivity index (χ1v) is 8.97. The minimum absolute atomic E-state index is 0.224. The molecular formula is C21H26N2O2. The average molecular weight is 338 g/mol. The van der Waals surface area contributed by atoms with Gasteiger partial charge in [0.05, 0.1) is 6.21 Å². The van der Waals surface area contributed by atoms with Crippen molar-refractivity contribution in [3.05, 3.63) is 71.8 Å². The van der Waals surface area contributed by atoms with Crippen molar-refractivity contribution in [3.8, 4) is 0 Å². The number of aliphatic hydroxyl groups is 1. The Labute approximate surface area is 149 Å². The van der Waals surface area contributed by atoms with Crippen molar-refractivity contribution in [2.24, 2.45) is 5.16 Å². The molecule has 0 radical (unpaired) electrons. The van der Waals surface area contributed by atoms with Crippen molar-refractivity contribution < 1.29 is 9.94 Å². The maximum Gasteiger partial charge on any atom is 0.144 e. The smallest absolute Gasteiger partial charge is 0.144 e. The van der Waals surface area contributed by atoms with Gasteiger partial charge in [-0.3, -0.25) is 0 Å². The molecule has 1 aliphatic rings. The summed E-state index contributed by atoms with van der Waals surface area (Å²) in [7, 11) is 0. The van der Waals surface area contributed by atoms with Gasteiger partial charge in [0.15, 0.2) is 0 Å². The average Bonchev–Trinajstić information content (AvgIpc) is 2.67. The van der Waals surface area contributed by atoms with Crippen LogP contribution in [0.15, 0.2) is 65.8 Å². The van der Waals surface area contributed by atoms with Crippen molar-refractivity contribution in [3.63, 3.8) is 0 Å². The summed E-state index contributed by atoms with van der Waals surface area (Å²) in [5, 5.41) is 14.1. The van der Waals surface area contributed by atoms with E-state index in [0.717, 1.165) is 31.5 Å². The van der Waals surface area contributed by atoms with E-state index in [1.165, 1.54) is 5.56 Å². The summed E-state index contributed by atoms with van der Waals surface area (Å²) in [6.07, 6.45) is 3.44. The zero-order valence-electron chi connectivity index (χ0n) is 14.5. The number of oxime groups is 1. The van der Waals surface area contributed by atoms with Crippen LogP contribution in [0.3, 0.4) is 0 Å². The fraction of sp³-hybridized carbons (Fsp3) is 0.381. The van der Waals surface area contributed by atoms with E-state index in [2.05, 4.69) is 40.4 Å². The number of nitrogens with zero attached hydrogens (tertiary/aromatic N) is 2. The molecule has 0 aromatic heterocycles. The monoisotopic (exact) mass is 338 g/mol. The lowest BCUT2D eigenvalue weighted by Crippen LogP contribution is -2.39. The number of benzene rings is 2. The standard InChI is InChI=1S/C21H26N2O2/c24-21(17-25-22-15-18-7-3-1-4-8-18)16-23-13-11-20(12-14-23)19-9-5-2-6-10-19/h1-10,15,20-21,24H,11-14,16-17H2. The molecule has 1 saturated heterocycles. The van der Waals surface area contributed by atoms with Gasteiger partial charge in [0, 0.05) is 6.54 Å². The summed E-state index contributed by atoms with van der Waals surface area (Å²) >= 11 is 0. The van der Waals surface area contributed by atoms with E-state index < -0.39 is 6.10 Å². The van der Waals surface area contributed by atoms with Crippen LogP contribution in [0.1, 0.15) is 29.9 Å². The number of hydrogen-bond acceptors (Lipinski definition) is 4. The van der Waals surface area contributed by atoms with Gasteiger partial charge in [-0.2, -0.15) is 0 Å². The molecule has 4 heteroatoms. The predicted octanol–water partition coefficient (Wildman–Crippen LogP) is 3.28. The van der Waals surface area contributed by atoms with Crippen molar-refractivity contribution in [1.29, 1.82) is 0 Å². The van der Waals surface area contributed by atoms with Gasteiger partial charge >= 0.3 is 0 Å². The summed E-state index contributed by atoms with van der Waals surface area (Å²) < 4.78 is 0. The van der Waals surface area contributed by atoms with Gasteiger partial charge in [0.2, 0.25) is 0 Å². The third-order valence-corrected chi connectivity index (χ3v) is 4.67. The van der Waals surface area contributed by atoms with E-state index in [4.69, 9.17) is 4.84 Å². The highest BCUT2D eigenvalue weighted by Crippen LogP contribution is 2.27. The Kier molecular flexibility index (Phi) is 6.60. The SMILES string of the molecule is OC(CON=Cc1ccccc1)CN1CCC(c2ccccc2)CC1. The van der Waals surface area contributed by atoms with Crippen LogP contribution >= 0.6 is 0 Å². The lowest BCUT2D eigenvalue weighted by molar-refractivity contribution is 0.0152. The molecule has 0 aliphatic carbocycles. The maximum absolute atomic E-state index is 10.1. The van der Waals surface area contributed by atoms with Crippen molar-refractivity contribution in [2.45, 2.75) is 24.9 Å². The first-order chi connectivity index (χ1) is 12.3. The normalized spacial score (nSPS) is 17.6. The predicted molar refractivity (Wildman–Crippen MR) is 101 cm³/mol. The number of rotatable bonds is 7. The Hall–Kier alpha value is -2.17. The van der Waals surface area contributed by atoms with Crippen LogP contribution in [-0.4, -0.2) is 48.6 Å². The van der Waals surface area contributed by atoms with Gasteiger partial charge in [0.1, 0.15) is 12.7 Å². The zero-order valence-corrected chi connectivity index (χ0v) is 14.5. The quantitative estimate of drug-likeness (QED) is 0.622. The minimum atomic E-state index is -0.513. The van der Waals surface area contributed by atoms with Gasteiger partial charge < -0.3 is 14.8 Å². The number of aliphatic hydroxyl groups excluding tert-OH is 1. The van der Waals surface area contributed by atoms with Gasteiger partial charge in [-0.1, -0.05) is 65.8 Å². The van der Waals surface area contributed by atoms with Crippen LogP contribution in [-0.2, 0) is 4.84 Å². The largest absolute Gasteiger partial charge is 0.393 e. The first-order valence-electron chi connectivity index (χ1n) is 8.97. The van der Waals surface area contributed by atoms with E-state index >= 15 is 0 Å². The molecule has 1 heterocycles. The highest BCUT2D eigenvalue weighted by atomic mass is 16.6. The Balaban J connectivity index is 1.35. The van der Waals surface area contributed by atoms with Gasteiger partial charge in [-0.05, 0) is 43.0 Å². The number of likely N-dealkylation sites (tertiary alicyclic amines) is 1. The van der Waals surface area contributed by atoms with Crippen LogP contribution in [0.25, 0.3) is 0 Å². The van der Waals surface area contributed by atoms with E-state index in [9.17, 15) is 5.11 Å². The molecule has 2 aromatic carbocycles. The lowest BCUT2D eigenvalue weighted by Gasteiger charge is -2.33. The molecule has 2 aromatic rings. The molecule has 3 rings (SSSR count). The fourth-order valence-electron chi connectivity index (χ4n) is 3.29. The summed E-state index contributed by atoms with van der Waals surface area (Å²) in [5.74, 6) is 0.640. The van der Waals surface area contributed by atoms with Crippen LogP contribution in [0, 0.1) is 0 Å². The molecule has 132 valence electrons. The van der Waals surface area contributed by atoms with Crippen LogP contribution in [0.2, 0.25) is 0 Å². The molecular weight excluding hydrogens is 312 g/mol. The van der Waals surface area contributed by atoms with Crippen molar-refractivity contribution >= 4 is 6.21 Å². The molecule has 1 aliphatic heterocycles. The van der Waals surface area contributed by atoms with E-state index in [1.807, 2.05) is 30.3 Å². The van der Waals surface area contributed by atoms with Crippen molar-refractivity contribution in [1.82, 2.24) is 4.90 Å². The topological polar surface area (TPSA) is 45.1 Å². The third-order valence-electron chi connectivity index (χ3n) is 4.67. The highest BCUT2D eigenvalue weighted by molar-refractivity contribution is 5.78. The second kappa shape index (κ2) is 9.35. The molecule has 1 fully saturated rings. The summed E-state index contributed by atoms with van der Waals surface area (Å²) in [6.45, 7) is 2.90. The van der Waals surface area contributed by atoms with Crippen LogP contribution in [0.4, 0.5) is 0 Å². The molecule has 25 heavy (non-hydrogen) atoms. The Bertz CT molecular complexity index is 637. The van der Waals surface area contributed by atoms with Crippen molar-refractivity contribution in [2.75, 3.05) is 26.2 Å². The molecule has 0 spiro atoms. The van der Waals surface area contributed by atoms with Gasteiger partial charge in [-0.25, -0.2) is 0 Å². The Morgan fingerprint density at radius 2 is 1.68 bits per heavy atom. The third kappa shape index (κ3) is 5.69. The van der Waals surface area contributed by atoms with E-state index in [1.54, 1.807) is 6.21 Å². The highest BCUT2D eigenvalue weighted by Gasteiger charge is 2.22. The lowest BCUT2D eigenvalue weighted by atomic mass is 9.89.